The predicted octanol–water partition coefficient (Wildman–Crippen LogP) is 4.38. The molecule has 0 radical (unpaired) electrons. The van der Waals surface area contributed by atoms with Gasteiger partial charge in [-0.05, 0) is 17.4 Å². The van der Waals surface area contributed by atoms with Crippen molar-refractivity contribution in [1.82, 2.24) is 0 Å². The van der Waals surface area contributed by atoms with Gasteiger partial charge in [-0.1, -0.05) is 62.7 Å². The van der Waals surface area contributed by atoms with Gasteiger partial charge in [0.05, 0.1) is 0 Å². The molecule has 0 aromatic carbocycles. The zero-order chi connectivity index (χ0) is 9.78. The summed E-state index contributed by atoms with van der Waals surface area (Å²) >= 11 is 0. The average molecular weight is 221 g/mol. The highest BCUT2D eigenvalue weighted by molar-refractivity contribution is 8.75. The number of hydrogen-bond acceptors (Lipinski definition) is 3. The molecule has 0 amide bonds. The van der Waals surface area contributed by atoms with E-state index in [0.29, 0.717) is 0 Å². The maximum Gasteiger partial charge on any atom is 0.00493 e. The van der Waals surface area contributed by atoms with Crippen molar-refractivity contribution in [1.29, 1.82) is 0 Å². The van der Waals surface area contributed by atoms with E-state index >= 15 is 0 Å². The van der Waals surface area contributed by atoms with Gasteiger partial charge in [0.1, 0.15) is 0 Å². The second kappa shape index (κ2) is 12.7. The van der Waals surface area contributed by atoms with Crippen LogP contribution in [0.2, 0.25) is 0 Å². The molecule has 0 heterocycles. The van der Waals surface area contributed by atoms with Crippen LogP contribution >= 0.6 is 21.8 Å². The van der Waals surface area contributed by atoms with Crippen LogP contribution in [-0.4, -0.2) is 5.75 Å². The van der Waals surface area contributed by atoms with E-state index < -0.39 is 0 Å². The van der Waals surface area contributed by atoms with Crippen LogP contribution in [0, 0.1) is 0 Å². The van der Waals surface area contributed by atoms with Crippen LogP contribution in [0.15, 0.2) is 0 Å². The van der Waals surface area contributed by atoms with Crippen LogP contribution < -0.4 is 5.14 Å². The van der Waals surface area contributed by atoms with Gasteiger partial charge in [0, 0.05) is 5.75 Å². The summed E-state index contributed by atoms with van der Waals surface area (Å²) in [5.41, 5.74) is 0. The number of nitrogens with two attached hydrogens (primary N) is 1. The van der Waals surface area contributed by atoms with Gasteiger partial charge >= 0.3 is 0 Å². The monoisotopic (exact) mass is 221 g/mol. The van der Waals surface area contributed by atoms with Gasteiger partial charge in [-0.25, -0.2) is 0 Å². The van der Waals surface area contributed by atoms with Gasteiger partial charge in [-0.15, -0.1) is 0 Å². The van der Waals surface area contributed by atoms with Gasteiger partial charge < -0.3 is 0 Å². The third-order valence-electron chi connectivity index (χ3n) is 2.15. The lowest BCUT2D eigenvalue weighted by molar-refractivity contribution is 0.586. The Morgan fingerprint density at radius 2 is 1.38 bits per heavy atom. The Kier molecular flexibility index (Phi) is 13.3. The molecule has 0 fully saturated rings. The highest BCUT2D eigenvalue weighted by Crippen LogP contribution is 2.16. The van der Waals surface area contributed by atoms with Crippen molar-refractivity contribution in [2.75, 3.05) is 5.75 Å². The molecular weight excluding hydrogens is 198 g/mol. The lowest BCUT2D eigenvalue weighted by atomic mass is 10.1. The van der Waals surface area contributed by atoms with Crippen LogP contribution in [0.1, 0.15) is 58.3 Å². The van der Waals surface area contributed by atoms with E-state index in [1.165, 1.54) is 68.1 Å². The van der Waals surface area contributed by atoms with Crippen LogP contribution in [0.25, 0.3) is 0 Å². The standard InChI is InChI=1S/C10H23NS2/c1-2-3-4-5-6-7-8-9-10-12-13-11/h2-11H2,1H3. The van der Waals surface area contributed by atoms with E-state index in [1.807, 2.05) is 0 Å². The Bertz CT molecular complexity index is 79.0. The molecule has 2 N–H and O–H groups in total. The average Bonchev–Trinajstić information content (AvgIpc) is 2.16. The smallest absolute Gasteiger partial charge is 0.00493 e. The molecular formula is C10H23NS2. The predicted molar refractivity (Wildman–Crippen MR) is 66.8 cm³/mol. The van der Waals surface area contributed by atoms with E-state index in [9.17, 15) is 0 Å². The van der Waals surface area contributed by atoms with Crippen molar-refractivity contribution in [3.8, 4) is 0 Å². The van der Waals surface area contributed by atoms with Crippen LogP contribution in [0.5, 0.6) is 0 Å². The summed E-state index contributed by atoms with van der Waals surface area (Å²) in [4.78, 5) is 0. The van der Waals surface area contributed by atoms with Crippen molar-refractivity contribution in [3.63, 3.8) is 0 Å². The highest BCUT2D eigenvalue weighted by Gasteiger charge is 1.91. The Labute approximate surface area is 91.1 Å². The first-order valence-electron chi connectivity index (χ1n) is 5.40. The fourth-order valence-electron chi connectivity index (χ4n) is 1.34. The van der Waals surface area contributed by atoms with Crippen LogP contribution in [-0.2, 0) is 0 Å². The Balaban J connectivity index is 2.76. The van der Waals surface area contributed by atoms with E-state index in [-0.39, 0.29) is 0 Å². The fourth-order valence-corrected chi connectivity index (χ4v) is 2.40. The van der Waals surface area contributed by atoms with Gasteiger partial charge in [-0.2, -0.15) is 0 Å². The normalized spacial score (nSPS) is 10.6. The molecule has 0 atom stereocenters. The second-order valence-electron chi connectivity index (χ2n) is 3.39. The molecule has 0 aliphatic heterocycles. The van der Waals surface area contributed by atoms with E-state index in [4.69, 9.17) is 5.14 Å². The molecule has 0 unspecified atom stereocenters. The minimum atomic E-state index is 1.22. The molecule has 0 spiro atoms. The third kappa shape index (κ3) is 12.7. The van der Waals surface area contributed by atoms with Gasteiger partial charge in [0.25, 0.3) is 0 Å². The molecule has 13 heavy (non-hydrogen) atoms. The zero-order valence-electron chi connectivity index (χ0n) is 8.76. The third-order valence-corrected chi connectivity index (χ3v) is 3.65. The molecule has 0 saturated heterocycles. The Hall–Kier alpha value is 0.660. The number of hydrogen-bond donors (Lipinski definition) is 1. The minimum Gasteiger partial charge on any atom is -0.268 e. The molecule has 0 aromatic rings. The number of rotatable bonds is 10. The quantitative estimate of drug-likeness (QED) is 0.337. The Morgan fingerprint density at radius 1 is 0.846 bits per heavy atom. The second-order valence-corrected chi connectivity index (χ2v) is 5.51. The Morgan fingerprint density at radius 3 is 1.92 bits per heavy atom. The minimum absolute atomic E-state index is 1.22. The maximum atomic E-state index is 5.30. The molecule has 0 bridgehead atoms. The highest BCUT2D eigenvalue weighted by atomic mass is 33.1. The summed E-state index contributed by atoms with van der Waals surface area (Å²) in [5, 5.41) is 5.30. The molecule has 0 saturated carbocycles. The first-order valence-corrected chi connectivity index (χ1v) is 7.78. The largest absolute Gasteiger partial charge is 0.268 e. The van der Waals surface area contributed by atoms with Crippen molar-refractivity contribution in [3.05, 3.63) is 0 Å². The molecule has 0 aromatic heterocycles. The SMILES string of the molecule is CCCCCCCCCCSSN. The van der Waals surface area contributed by atoms with E-state index in [1.54, 1.807) is 10.8 Å². The summed E-state index contributed by atoms with van der Waals surface area (Å²) in [7, 11) is 3.17. The molecule has 3 heteroatoms. The molecule has 1 nitrogen and oxygen atoms in total. The lowest BCUT2D eigenvalue weighted by Gasteiger charge is -2.00. The zero-order valence-corrected chi connectivity index (χ0v) is 10.4. The maximum absolute atomic E-state index is 5.30. The van der Waals surface area contributed by atoms with E-state index in [2.05, 4.69) is 6.92 Å². The lowest BCUT2D eigenvalue weighted by Crippen LogP contribution is -1.82. The van der Waals surface area contributed by atoms with E-state index in [0.717, 1.165) is 0 Å². The summed E-state index contributed by atoms with van der Waals surface area (Å²) in [6.07, 6.45) is 11.2. The molecule has 80 valence electrons. The molecule has 0 rings (SSSR count). The molecule has 0 aliphatic rings. The summed E-state index contributed by atoms with van der Waals surface area (Å²) < 4.78 is 0. The van der Waals surface area contributed by atoms with Crippen LogP contribution in [0.3, 0.4) is 0 Å². The fraction of sp³-hybridized carbons (Fsp3) is 1.00. The topological polar surface area (TPSA) is 26.0 Å². The van der Waals surface area contributed by atoms with Gasteiger partial charge in [0.2, 0.25) is 0 Å². The van der Waals surface area contributed by atoms with Crippen molar-refractivity contribution in [2.24, 2.45) is 5.14 Å². The van der Waals surface area contributed by atoms with Crippen molar-refractivity contribution in [2.45, 2.75) is 58.3 Å². The number of unbranched alkanes of at least 4 members (excludes halogenated alkanes) is 7. The first-order chi connectivity index (χ1) is 6.41. The van der Waals surface area contributed by atoms with Gasteiger partial charge in [0.15, 0.2) is 0 Å². The summed E-state index contributed by atoms with van der Waals surface area (Å²) in [6, 6.07) is 0. The van der Waals surface area contributed by atoms with Crippen LogP contribution in [0.4, 0.5) is 0 Å². The summed E-state index contributed by atoms with van der Waals surface area (Å²) in [6.45, 7) is 2.27. The van der Waals surface area contributed by atoms with Gasteiger partial charge in [-0.3, -0.25) is 5.14 Å². The summed E-state index contributed by atoms with van der Waals surface area (Å²) in [5.74, 6) is 1.22. The first kappa shape index (κ1) is 13.7. The molecule has 0 aliphatic carbocycles. The van der Waals surface area contributed by atoms with Crippen molar-refractivity contribution >= 4 is 21.8 Å². The van der Waals surface area contributed by atoms with Crippen molar-refractivity contribution < 1.29 is 0 Å².